The fourth-order valence-corrected chi connectivity index (χ4v) is 5.25. The topological polar surface area (TPSA) is 86.4 Å². The number of hydrogen-bond donors (Lipinski definition) is 0. The largest absolute Gasteiger partial charge is 0.417 e. The monoisotopic (exact) mass is 484 g/mol. The lowest BCUT2D eigenvalue weighted by Gasteiger charge is -2.26. The van der Waals surface area contributed by atoms with E-state index in [1.165, 1.54) is 16.4 Å². The molecule has 12 heteroatoms. The van der Waals surface area contributed by atoms with E-state index in [0.717, 1.165) is 22.9 Å². The molecule has 3 heterocycles. The fraction of sp³-hybridized carbons (Fsp3) is 0.429. The van der Waals surface area contributed by atoms with Gasteiger partial charge in [0.2, 0.25) is 10.0 Å². The molecule has 0 N–H and O–H groups in total. The summed E-state index contributed by atoms with van der Waals surface area (Å²) in [5.41, 5.74) is -0.478. The number of sulfonamides is 1. The van der Waals surface area contributed by atoms with E-state index in [0.29, 0.717) is 43.0 Å². The number of morpholine rings is 1. The van der Waals surface area contributed by atoms with Gasteiger partial charge in [-0.05, 0) is 30.7 Å². The molecule has 178 valence electrons. The van der Waals surface area contributed by atoms with Crippen molar-refractivity contribution in [2.75, 3.05) is 26.3 Å². The molecule has 1 saturated heterocycles. The Morgan fingerprint density at radius 2 is 1.85 bits per heavy atom. The van der Waals surface area contributed by atoms with Gasteiger partial charge in [0.05, 0.1) is 41.3 Å². The average Bonchev–Trinajstić information content (AvgIpc) is 3.11. The molecule has 0 atom stereocenters. The van der Waals surface area contributed by atoms with Gasteiger partial charge in [-0.2, -0.15) is 17.5 Å². The van der Waals surface area contributed by atoms with Crippen molar-refractivity contribution < 1.29 is 26.3 Å². The van der Waals surface area contributed by atoms with Gasteiger partial charge < -0.3 is 13.9 Å². The van der Waals surface area contributed by atoms with Gasteiger partial charge in [0.25, 0.3) is 5.56 Å². The summed E-state index contributed by atoms with van der Waals surface area (Å²) in [7, 11) is -3.73. The summed E-state index contributed by atoms with van der Waals surface area (Å²) < 4.78 is 74.7. The third-order valence-electron chi connectivity index (χ3n) is 5.48. The molecule has 4 rings (SSSR count). The van der Waals surface area contributed by atoms with Crippen LogP contribution in [0.5, 0.6) is 0 Å². The van der Waals surface area contributed by atoms with Crippen molar-refractivity contribution in [2.45, 2.75) is 37.5 Å². The van der Waals surface area contributed by atoms with Crippen molar-refractivity contribution >= 4 is 21.1 Å². The van der Waals surface area contributed by atoms with E-state index in [1.54, 1.807) is 10.6 Å². The number of benzene rings is 1. The predicted molar refractivity (Wildman–Crippen MR) is 114 cm³/mol. The summed E-state index contributed by atoms with van der Waals surface area (Å²) in [5, 5.41) is 0. The first-order chi connectivity index (χ1) is 15.6. The molecule has 1 aliphatic heterocycles. The maximum Gasteiger partial charge on any atom is 0.417 e. The van der Waals surface area contributed by atoms with Crippen LogP contribution in [0, 0.1) is 0 Å². The number of nitrogens with zero attached hydrogens (tertiary/aromatic N) is 4. The molecule has 1 aliphatic rings. The summed E-state index contributed by atoms with van der Waals surface area (Å²) in [4.78, 5) is 16.8. The smallest absolute Gasteiger partial charge is 0.379 e. The summed E-state index contributed by atoms with van der Waals surface area (Å²) in [5.74, 6) is 0.370. The molecule has 0 unspecified atom stereocenters. The van der Waals surface area contributed by atoms with Gasteiger partial charge in [0.1, 0.15) is 5.82 Å². The van der Waals surface area contributed by atoms with Crippen LogP contribution in [0.1, 0.15) is 24.7 Å². The molecule has 0 saturated carbocycles. The summed E-state index contributed by atoms with van der Waals surface area (Å²) >= 11 is 0. The molecular formula is C21H23F3N4O4S. The number of pyridine rings is 1. The number of fused-ring (bicyclic) bond motifs is 1. The molecule has 1 fully saturated rings. The number of aryl methyl sites for hydroxylation is 1. The van der Waals surface area contributed by atoms with Crippen LogP contribution in [-0.2, 0) is 34.0 Å². The summed E-state index contributed by atoms with van der Waals surface area (Å²) in [6.45, 7) is 3.43. The van der Waals surface area contributed by atoms with Gasteiger partial charge in [-0.25, -0.2) is 13.4 Å². The number of rotatable bonds is 6. The maximum absolute atomic E-state index is 13.1. The highest BCUT2D eigenvalue weighted by Crippen LogP contribution is 2.28. The molecule has 0 bridgehead atoms. The van der Waals surface area contributed by atoms with Crippen molar-refractivity contribution in [1.29, 1.82) is 0 Å². The number of hydrogen-bond acceptors (Lipinski definition) is 5. The molecule has 0 radical (unpaired) electrons. The molecule has 0 spiro atoms. The van der Waals surface area contributed by atoms with Crippen molar-refractivity contribution in [1.82, 2.24) is 18.4 Å². The second-order valence-corrected chi connectivity index (χ2v) is 9.67. The van der Waals surface area contributed by atoms with E-state index in [1.807, 2.05) is 6.92 Å². The van der Waals surface area contributed by atoms with E-state index < -0.39 is 27.3 Å². The van der Waals surface area contributed by atoms with Crippen molar-refractivity contribution in [3.05, 3.63) is 58.3 Å². The minimum Gasteiger partial charge on any atom is -0.379 e. The van der Waals surface area contributed by atoms with Crippen LogP contribution in [0.25, 0.3) is 11.0 Å². The fourth-order valence-electron chi connectivity index (χ4n) is 3.82. The Kier molecular flexibility index (Phi) is 6.34. The van der Waals surface area contributed by atoms with E-state index in [2.05, 4.69) is 4.98 Å². The van der Waals surface area contributed by atoms with Crippen LogP contribution in [0.4, 0.5) is 13.2 Å². The lowest BCUT2D eigenvalue weighted by atomic mass is 10.2. The molecule has 33 heavy (non-hydrogen) atoms. The predicted octanol–water partition coefficient (Wildman–Crippen LogP) is 2.70. The summed E-state index contributed by atoms with van der Waals surface area (Å²) in [6.07, 6.45) is -3.10. The highest BCUT2D eigenvalue weighted by molar-refractivity contribution is 7.89. The van der Waals surface area contributed by atoms with Crippen LogP contribution in [0.2, 0.25) is 0 Å². The molecule has 1 aromatic carbocycles. The zero-order valence-corrected chi connectivity index (χ0v) is 18.7. The zero-order chi connectivity index (χ0) is 23.8. The van der Waals surface area contributed by atoms with Crippen LogP contribution < -0.4 is 5.56 Å². The molecular weight excluding hydrogens is 461 g/mol. The Bertz CT molecular complexity index is 1330. The zero-order valence-electron chi connectivity index (χ0n) is 17.9. The average molecular weight is 485 g/mol. The Labute approximate surface area is 188 Å². The van der Waals surface area contributed by atoms with Gasteiger partial charge >= 0.3 is 6.18 Å². The Morgan fingerprint density at radius 1 is 1.12 bits per heavy atom. The number of halogens is 3. The molecule has 2 aromatic heterocycles. The maximum atomic E-state index is 13.1. The van der Waals surface area contributed by atoms with Crippen molar-refractivity contribution in [3.63, 3.8) is 0 Å². The van der Waals surface area contributed by atoms with E-state index >= 15 is 0 Å². The number of alkyl halides is 3. The van der Waals surface area contributed by atoms with E-state index in [4.69, 9.17) is 4.74 Å². The Hall–Kier alpha value is -2.70. The van der Waals surface area contributed by atoms with Gasteiger partial charge in [0, 0.05) is 31.9 Å². The second-order valence-electron chi connectivity index (χ2n) is 7.73. The lowest BCUT2D eigenvalue weighted by molar-refractivity contribution is -0.138. The van der Waals surface area contributed by atoms with Crippen molar-refractivity contribution in [2.24, 2.45) is 0 Å². The number of aromatic nitrogens is 3. The minimum atomic E-state index is -4.58. The normalized spacial score (nSPS) is 15.9. The van der Waals surface area contributed by atoms with Gasteiger partial charge in [0.15, 0.2) is 0 Å². The van der Waals surface area contributed by atoms with Crippen LogP contribution in [0.3, 0.4) is 0 Å². The third-order valence-corrected chi connectivity index (χ3v) is 7.37. The second kappa shape index (κ2) is 8.92. The Morgan fingerprint density at radius 3 is 2.52 bits per heavy atom. The minimum absolute atomic E-state index is 0.0841. The van der Waals surface area contributed by atoms with Gasteiger partial charge in [-0.1, -0.05) is 6.92 Å². The number of imidazole rings is 1. The Balaban J connectivity index is 1.75. The first kappa shape index (κ1) is 23.5. The number of ether oxygens (including phenoxy) is 1. The highest BCUT2D eigenvalue weighted by atomic mass is 32.2. The lowest BCUT2D eigenvalue weighted by Crippen LogP contribution is -2.40. The molecule has 3 aromatic rings. The molecule has 0 amide bonds. The van der Waals surface area contributed by atoms with E-state index in [9.17, 15) is 26.4 Å². The third kappa shape index (κ3) is 4.68. The first-order valence-corrected chi connectivity index (χ1v) is 11.9. The van der Waals surface area contributed by atoms with Crippen LogP contribution >= 0.6 is 0 Å². The first-order valence-electron chi connectivity index (χ1n) is 10.5. The summed E-state index contributed by atoms with van der Waals surface area (Å²) in [6, 6.07) is 6.23. The molecule has 0 aliphatic carbocycles. The quantitative estimate of drug-likeness (QED) is 0.537. The van der Waals surface area contributed by atoms with E-state index in [-0.39, 0.29) is 24.5 Å². The van der Waals surface area contributed by atoms with Gasteiger partial charge in [-0.15, -0.1) is 0 Å². The van der Waals surface area contributed by atoms with Crippen molar-refractivity contribution in [3.8, 4) is 0 Å². The van der Waals surface area contributed by atoms with Gasteiger partial charge in [-0.3, -0.25) is 4.79 Å². The highest BCUT2D eigenvalue weighted by Gasteiger charge is 2.31. The SMILES string of the molecule is CCCn1c(Cn2cc(C(F)(F)F)ccc2=O)nc2cc(S(=O)(=O)N3CCOCC3)ccc21. The van der Waals surface area contributed by atoms with Crippen LogP contribution in [-0.4, -0.2) is 53.1 Å². The standard InChI is InChI=1S/C21H23F3N4O4S/c1-2-7-28-18-5-4-16(33(30,31)27-8-10-32-11-9-27)12-17(18)25-19(28)14-26-13-15(21(22,23)24)3-6-20(26)29/h3-6,12-13H,2,7-11,14H2,1H3. The molecule has 8 nitrogen and oxygen atoms in total. The van der Waals surface area contributed by atoms with Crippen LogP contribution in [0.15, 0.2) is 46.2 Å².